The minimum atomic E-state index is 0.856. The van der Waals surface area contributed by atoms with Crippen molar-refractivity contribution in [2.24, 2.45) is 0 Å². The predicted octanol–water partition coefficient (Wildman–Crippen LogP) is 4.93. The second kappa shape index (κ2) is 5.53. The summed E-state index contributed by atoms with van der Waals surface area (Å²) in [5, 5.41) is 2.13. The zero-order valence-electron chi connectivity index (χ0n) is 13.0. The molecule has 0 aliphatic carbocycles. The summed E-state index contributed by atoms with van der Waals surface area (Å²) in [5.41, 5.74) is 5.30. The van der Waals surface area contributed by atoms with Gasteiger partial charge in [-0.15, -0.1) is 0 Å². The number of rotatable bonds is 2. The lowest BCUT2D eigenvalue weighted by atomic mass is 10.2. The number of aromatic amines is 2. The Balaban J connectivity index is 1.66. The normalized spacial score (nSPS) is 11.4. The van der Waals surface area contributed by atoms with Gasteiger partial charge < -0.3 is 9.97 Å². The second-order valence-electron chi connectivity index (χ2n) is 5.80. The van der Waals surface area contributed by atoms with Crippen molar-refractivity contribution in [1.29, 1.82) is 0 Å². The van der Waals surface area contributed by atoms with E-state index in [0.717, 1.165) is 49.3 Å². The monoisotopic (exact) mass is 389 g/mol. The lowest BCUT2D eigenvalue weighted by Crippen LogP contribution is -1.89. The molecular formula is C19H12BrN5. The Kier molecular flexibility index (Phi) is 3.18. The molecule has 0 radical (unpaired) electrons. The van der Waals surface area contributed by atoms with Gasteiger partial charge in [-0.3, -0.25) is 0 Å². The summed E-state index contributed by atoms with van der Waals surface area (Å²) in [7, 11) is 0. The smallest absolute Gasteiger partial charge is 0.137 e. The molecule has 0 saturated heterocycles. The van der Waals surface area contributed by atoms with Crippen molar-refractivity contribution in [2.75, 3.05) is 0 Å². The van der Waals surface area contributed by atoms with Crippen molar-refractivity contribution in [2.45, 2.75) is 0 Å². The van der Waals surface area contributed by atoms with Crippen LogP contribution in [0.3, 0.4) is 0 Å². The minimum Gasteiger partial charge on any atom is -0.338 e. The van der Waals surface area contributed by atoms with E-state index in [0.29, 0.717) is 0 Å². The molecule has 5 heterocycles. The van der Waals surface area contributed by atoms with Gasteiger partial charge in [-0.1, -0.05) is 15.9 Å². The van der Waals surface area contributed by atoms with Crippen LogP contribution in [0.1, 0.15) is 0 Å². The van der Waals surface area contributed by atoms with Crippen molar-refractivity contribution >= 4 is 38.0 Å². The summed E-state index contributed by atoms with van der Waals surface area (Å²) >= 11 is 3.60. The molecule has 5 aromatic heterocycles. The van der Waals surface area contributed by atoms with Crippen molar-refractivity contribution < 1.29 is 0 Å². The molecule has 0 fully saturated rings. The van der Waals surface area contributed by atoms with E-state index < -0.39 is 0 Å². The zero-order valence-corrected chi connectivity index (χ0v) is 14.6. The SMILES string of the molecule is Brc1cc(-c2cc3cccnc3[nH]2)nc(-c2cc3cccnc3[nH]2)c1. The Morgan fingerprint density at radius 2 is 1.24 bits per heavy atom. The van der Waals surface area contributed by atoms with E-state index in [1.165, 1.54) is 0 Å². The van der Waals surface area contributed by atoms with Gasteiger partial charge >= 0.3 is 0 Å². The van der Waals surface area contributed by atoms with Crippen molar-refractivity contribution in [3.05, 3.63) is 65.4 Å². The fourth-order valence-electron chi connectivity index (χ4n) is 2.96. The first kappa shape index (κ1) is 14.4. The maximum absolute atomic E-state index is 4.82. The first-order valence-corrected chi connectivity index (χ1v) is 8.61. The third-order valence-corrected chi connectivity index (χ3v) is 4.58. The Morgan fingerprint density at radius 1 is 0.720 bits per heavy atom. The molecule has 6 heteroatoms. The van der Waals surface area contributed by atoms with Gasteiger partial charge in [0.25, 0.3) is 0 Å². The van der Waals surface area contributed by atoms with Crippen molar-refractivity contribution in [3.63, 3.8) is 0 Å². The Bertz CT molecular complexity index is 1060. The van der Waals surface area contributed by atoms with Crippen molar-refractivity contribution in [3.8, 4) is 22.8 Å². The number of pyridine rings is 3. The highest BCUT2D eigenvalue weighted by Gasteiger charge is 2.11. The zero-order chi connectivity index (χ0) is 16.8. The first-order chi connectivity index (χ1) is 12.3. The van der Waals surface area contributed by atoms with Crippen LogP contribution < -0.4 is 0 Å². The number of nitrogens with one attached hydrogen (secondary N) is 2. The van der Waals surface area contributed by atoms with Gasteiger partial charge in [0.05, 0.1) is 22.8 Å². The lowest BCUT2D eigenvalue weighted by molar-refractivity contribution is 1.24. The van der Waals surface area contributed by atoms with Crippen LogP contribution in [-0.4, -0.2) is 24.9 Å². The topological polar surface area (TPSA) is 70.2 Å². The van der Waals surface area contributed by atoms with Gasteiger partial charge in [0.15, 0.2) is 0 Å². The van der Waals surface area contributed by atoms with Crippen LogP contribution in [0.15, 0.2) is 65.4 Å². The highest BCUT2D eigenvalue weighted by atomic mass is 79.9. The largest absolute Gasteiger partial charge is 0.338 e. The van der Waals surface area contributed by atoms with Crippen LogP contribution in [0.25, 0.3) is 44.8 Å². The molecule has 0 bridgehead atoms. The van der Waals surface area contributed by atoms with Gasteiger partial charge in [0, 0.05) is 27.6 Å². The van der Waals surface area contributed by atoms with Gasteiger partial charge in [-0.05, 0) is 48.5 Å². The van der Waals surface area contributed by atoms with Gasteiger partial charge in [0.2, 0.25) is 0 Å². The average molecular weight is 390 g/mol. The molecule has 5 rings (SSSR count). The number of nitrogens with zero attached hydrogens (tertiary/aromatic N) is 3. The van der Waals surface area contributed by atoms with E-state index >= 15 is 0 Å². The molecule has 5 nitrogen and oxygen atoms in total. The number of fused-ring (bicyclic) bond motifs is 2. The third-order valence-electron chi connectivity index (χ3n) is 4.13. The summed E-state index contributed by atoms with van der Waals surface area (Å²) in [6, 6.07) is 16.0. The van der Waals surface area contributed by atoms with E-state index in [-0.39, 0.29) is 0 Å². The Labute approximate surface area is 151 Å². The quantitative estimate of drug-likeness (QED) is 0.449. The molecule has 2 N–H and O–H groups in total. The van der Waals surface area contributed by atoms with Crippen LogP contribution in [-0.2, 0) is 0 Å². The van der Waals surface area contributed by atoms with E-state index in [1.54, 1.807) is 12.4 Å². The van der Waals surface area contributed by atoms with Crippen LogP contribution in [0, 0.1) is 0 Å². The van der Waals surface area contributed by atoms with E-state index in [4.69, 9.17) is 4.98 Å². The van der Waals surface area contributed by atoms with Crippen LogP contribution >= 0.6 is 15.9 Å². The fraction of sp³-hybridized carbons (Fsp3) is 0. The Morgan fingerprint density at radius 3 is 1.72 bits per heavy atom. The standard InChI is InChI=1S/C19H12BrN5/c20-13-9-16(14-7-11-3-1-5-21-18(11)24-14)23-17(10-13)15-8-12-4-2-6-22-19(12)25-15/h1-10H,(H,21,24)(H,22,25). The summed E-state index contributed by atoms with van der Waals surface area (Å²) in [6.07, 6.45) is 3.56. The van der Waals surface area contributed by atoms with Crippen LogP contribution in [0.4, 0.5) is 0 Å². The van der Waals surface area contributed by atoms with Gasteiger partial charge in [-0.2, -0.15) is 0 Å². The summed E-state index contributed by atoms with van der Waals surface area (Å²) in [5.74, 6) is 0. The predicted molar refractivity (Wildman–Crippen MR) is 102 cm³/mol. The van der Waals surface area contributed by atoms with Gasteiger partial charge in [-0.25, -0.2) is 15.0 Å². The minimum absolute atomic E-state index is 0.856. The molecule has 0 aliphatic rings. The molecule has 0 spiro atoms. The van der Waals surface area contributed by atoms with Crippen LogP contribution in [0.5, 0.6) is 0 Å². The van der Waals surface area contributed by atoms with Crippen molar-refractivity contribution in [1.82, 2.24) is 24.9 Å². The first-order valence-electron chi connectivity index (χ1n) is 7.82. The molecule has 0 atom stereocenters. The van der Waals surface area contributed by atoms with E-state index in [1.807, 2.05) is 36.4 Å². The van der Waals surface area contributed by atoms with Gasteiger partial charge in [0.1, 0.15) is 11.3 Å². The maximum atomic E-state index is 4.82. The number of halogens is 1. The third kappa shape index (κ3) is 2.51. The average Bonchev–Trinajstić information content (AvgIpc) is 3.25. The summed E-state index contributed by atoms with van der Waals surface area (Å²) < 4.78 is 0.964. The van der Waals surface area contributed by atoms with E-state index in [9.17, 15) is 0 Å². The lowest BCUT2D eigenvalue weighted by Gasteiger charge is -2.03. The summed E-state index contributed by atoms with van der Waals surface area (Å²) in [4.78, 5) is 20.2. The molecular weight excluding hydrogens is 378 g/mol. The number of aromatic nitrogens is 5. The second-order valence-corrected chi connectivity index (χ2v) is 6.72. The molecule has 0 aromatic carbocycles. The maximum Gasteiger partial charge on any atom is 0.137 e. The van der Waals surface area contributed by atoms with E-state index in [2.05, 4.69) is 48.0 Å². The number of hydrogen-bond donors (Lipinski definition) is 2. The highest BCUT2D eigenvalue weighted by Crippen LogP contribution is 2.29. The van der Waals surface area contributed by atoms with Crippen LogP contribution in [0.2, 0.25) is 0 Å². The molecule has 0 amide bonds. The molecule has 0 aliphatic heterocycles. The Hall–Kier alpha value is -2.99. The highest BCUT2D eigenvalue weighted by molar-refractivity contribution is 9.10. The molecule has 25 heavy (non-hydrogen) atoms. The fourth-order valence-corrected chi connectivity index (χ4v) is 3.40. The molecule has 0 unspecified atom stereocenters. The summed E-state index contributed by atoms with van der Waals surface area (Å²) in [6.45, 7) is 0. The molecule has 5 aromatic rings. The number of H-pyrrole nitrogens is 2. The number of hydrogen-bond acceptors (Lipinski definition) is 3. The molecule has 120 valence electrons. The molecule has 0 saturated carbocycles.